The predicted octanol–water partition coefficient (Wildman–Crippen LogP) is 1.47. The standard InChI is InChI=1S/C13H19N3O3S/c14-10-5-6-11-12(9-10)16-13(15-11)20(18,19)8-4-2-1-3-7-17/h5-6,9,17H,1-4,7-8,14H2,(H,15,16). The molecule has 1 aromatic carbocycles. The number of nitrogen functional groups attached to an aromatic ring is 1. The summed E-state index contributed by atoms with van der Waals surface area (Å²) in [5.41, 5.74) is 7.44. The van der Waals surface area contributed by atoms with Crippen LogP contribution in [-0.2, 0) is 9.84 Å². The molecular formula is C13H19N3O3S. The van der Waals surface area contributed by atoms with Crippen molar-refractivity contribution in [3.63, 3.8) is 0 Å². The minimum Gasteiger partial charge on any atom is -0.399 e. The fourth-order valence-corrected chi connectivity index (χ4v) is 3.29. The zero-order valence-electron chi connectivity index (χ0n) is 11.2. The van der Waals surface area contributed by atoms with Crippen LogP contribution >= 0.6 is 0 Å². The molecule has 0 aliphatic carbocycles. The van der Waals surface area contributed by atoms with Crippen LogP contribution < -0.4 is 5.73 Å². The van der Waals surface area contributed by atoms with E-state index in [4.69, 9.17) is 10.8 Å². The first-order valence-corrected chi connectivity index (χ1v) is 8.27. The highest BCUT2D eigenvalue weighted by molar-refractivity contribution is 7.91. The number of aromatic amines is 1. The van der Waals surface area contributed by atoms with Crippen LogP contribution in [0.4, 0.5) is 5.69 Å². The van der Waals surface area contributed by atoms with Crippen molar-refractivity contribution in [2.24, 2.45) is 0 Å². The van der Waals surface area contributed by atoms with E-state index in [1.165, 1.54) is 0 Å². The number of H-pyrrole nitrogens is 1. The predicted molar refractivity (Wildman–Crippen MR) is 78.1 cm³/mol. The van der Waals surface area contributed by atoms with Gasteiger partial charge < -0.3 is 15.8 Å². The summed E-state index contributed by atoms with van der Waals surface area (Å²) in [6, 6.07) is 5.05. The summed E-state index contributed by atoms with van der Waals surface area (Å²) in [7, 11) is -3.39. The number of aliphatic hydroxyl groups excluding tert-OH is 1. The maximum absolute atomic E-state index is 12.1. The fraction of sp³-hybridized carbons (Fsp3) is 0.462. The Hall–Kier alpha value is -1.60. The Kier molecular flexibility index (Phi) is 4.61. The maximum Gasteiger partial charge on any atom is 0.226 e. The van der Waals surface area contributed by atoms with Crippen LogP contribution in [0.5, 0.6) is 0 Å². The molecule has 0 saturated heterocycles. The van der Waals surface area contributed by atoms with Gasteiger partial charge in [0.25, 0.3) is 0 Å². The Morgan fingerprint density at radius 2 is 1.95 bits per heavy atom. The average Bonchev–Trinajstić information content (AvgIpc) is 2.82. The van der Waals surface area contributed by atoms with Gasteiger partial charge in [0.05, 0.1) is 16.8 Å². The molecule has 1 heterocycles. The fourth-order valence-electron chi connectivity index (χ4n) is 2.01. The summed E-state index contributed by atoms with van der Waals surface area (Å²) in [6.07, 6.45) is 2.90. The van der Waals surface area contributed by atoms with Crippen molar-refractivity contribution in [3.8, 4) is 0 Å². The van der Waals surface area contributed by atoms with Gasteiger partial charge in [0.15, 0.2) is 0 Å². The van der Waals surface area contributed by atoms with Crippen molar-refractivity contribution < 1.29 is 13.5 Å². The largest absolute Gasteiger partial charge is 0.399 e. The van der Waals surface area contributed by atoms with Crippen LogP contribution in [-0.4, -0.2) is 35.9 Å². The van der Waals surface area contributed by atoms with E-state index in [0.717, 1.165) is 12.8 Å². The second-order valence-corrected chi connectivity index (χ2v) is 6.80. The first kappa shape index (κ1) is 14.8. The number of nitrogens with two attached hydrogens (primary N) is 1. The average molecular weight is 297 g/mol. The number of imidazole rings is 1. The second kappa shape index (κ2) is 6.23. The lowest BCUT2D eigenvalue weighted by Gasteiger charge is -2.00. The van der Waals surface area contributed by atoms with Gasteiger partial charge in [0, 0.05) is 12.3 Å². The number of fused-ring (bicyclic) bond motifs is 1. The molecular weight excluding hydrogens is 278 g/mol. The van der Waals surface area contributed by atoms with Gasteiger partial charge >= 0.3 is 0 Å². The summed E-state index contributed by atoms with van der Waals surface area (Å²) in [5, 5.41) is 8.66. The van der Waals surface area contributed by atoms with E-state index in [0.29, 0.717) is 29.6 Å². The van der Waals surface area contributed by atoms with Crippen molar-refractivity contribution in [1.82, 2.24) is 9.97 Å². The summed E-state index contributed by atoms with van der Waals surface area (Å²) in [6.45, 7) is 0.151. The Morgan fingerprint density at radius 1 is 1.20 bits per heavy atom. The number of aliphatic hydroxyl groups is 1. The molecule has 0 saturated carbocycles. The van der Waals surface area contributed by atoms with Crippen molar-refractivity contribution >= 4 is 26.6 Å². The van der Waals surface area contributed by atoms with E-state index in [1.807, 2.05) is 0 Å². The molecule has 6 nitrogen and oxygen atoms in total. The van der Waals surface area contributed by atoms with Crippen LogP contribution in [0.1, 0.15) is 25.7 Å². The molecule has 0 amide bonds. The van der Waals surface area contributed by atoms with Crippen molar-refractivity contribution in [2.75, 3.05) is 18.1 Å². The molecule has 0 spiro atoms. The smallest absolute Gasteiger partial charge is 0.226 e. The van der Waals surface area contributed by atoms with E-state index in [2.05, 4.69) is 9.97 Å². The molecule has 7 heteroatoms. The lowest BCUT2D eigenvalue weighted by molar-refractivity contribution is 0.283. The van der Waals surface area contributed by atoms with Gasteiger partial charge in [-0.05, 0) is 31.0 Å². The van der Waals surface area contributed by atoms with Crippen LogP contribution in [0.2, 0.25) is 0 Å². The van der Waals surface area contributed by atoms with Gasteiger partial charge in [-0.25, -0.2) is 13.4 Å². The third-order valence-corrected chi connectivity index (χ3v) is 4.71. The third kappa shape index (κ3) is 3.49. The highest BCUT2D eigenvalue weighted by atomic mass is 32.2. The Labute approximate surface area is 117 Å². The van der Waals surface area contributed by atoms with Crippen LogP contribution in [0.15, 0.2) is 23.4 Å². The van der Waals surface area contributed by atoms with Crippen LogP contribution in [0.3, 0.4) is 0 Å². The zero-order valence-corrected chi connectivity index (χ0v) is 12.0. The molecule has 0 unspecified atom stereocenters. The first-order chi connectivity index (χ1) is 9.53. The summed E-state index contributed by atoms with van der Waals surface area (Å²) >= 11 is 0. The monoisotopic (exact) mass is 297 g/mol. The number of hydrogen-bond donors (Lipinski definition) is 3. The zero-order chi connectivity index (χ0) is 14.6. The molecule has 0 atom stereocenters. The number of rotatable bonds is 7. The lowest BCUT2D eigenvalue weighted by Crippen LogP contribution is -2.08. The first-order valence-electron chi connectivity index (χ1n) is 6.62. The highest BCUT2D eigenvalue weighted by Gasteiger charge is 2.18. The minimum absolute atomic E-state index is 0.000239. The molecule has 0 aliphatic rings. The van der Waals surface area contributed by atoms with E-state index in [1.54, 1.807) is 18.2 Å². The SMILES string of the molecule is Nc1ccc2nc(S(=O)(=O)CCCCCCO)[nH]c2c1. The molecule has 2 aromatic rings. The van der Waals surface area contributed by atoms with Crippen LogP contribution in [0.25, 0.3) is 11.0 Å². The molecule has 0 fully saturated rings. The number of hydrogen-bond acceptors (Lipinski definition) is 5. The number of nitrogens with one attached hydrogen (secondary N) is 1. The highest BCUT2D eigenvalue weighted by Crippen LogP contribution is 2.18. The maximum atomic E-state index is 12.1. The summed E-state index contributed by atoms with van der Waals surface area (Å²) < 4.78 is 24.3. The van der Waals surface area contributed by atoms with E-state index < -0.39 is 9.84 Å². The second-order valence-electron chi connectivity index (χ2n) is 4.78. The van der Waals surface area contributed by atoms with Crippen molar-refractivity contribution in [3.05, 3.63) is 18.2 Å². The Morgan fingerprint density at radius 3 is 2.70 bits per heavy atom. The molecule has 1 aromatic heterocycles. The van der Waals surface area contributed by atoms with Crippen molar-refractivity contribution in [1.29, 1.82) is 0 Å². The minimum atomic E-state index is -3.39. The molecule has 0 aliphatic heterocycles. The molecule has 20 heavy (non-hydrogen) atoms. The number of sulfone groups is 1. The topological polar surface area (TPSA) is 109 Å². The Balaban J connectivity index is 2.07. The Bertz CT molecular complexity index is 679. The van der Waals surface area contributed by atoms with Gasteiger partial charge in [0.1, 0.15) is 0 Å². The van der Waals surface area contributed by atoms with E-state index >= 15 is 0 Å². The van der Waals surface area contributed by atoms with Gasteiger partial charge in [-0.3, -0.25) is 0 Å². The number of nitrogens with zero attached hydrogens (tertiary/aromatic N) is 1. The molecule has 2 rings (SSSR count). The van der Waals surface area contributed by atoms with E-state index in [-0.39, 0.29) is 17.5 Å². The number of benzene rings is 1. The number of unbranched alkanes of at least 4 members (excludes halogenated alkanes) is 3. The normalized spacial score (nSPS) is 12.1. The van der Waals surface area contributed by atoms with Gasteiger partial charge in [-0.15, -0.1) is 0 Å². The van der Waals surface area contributed by atoms with Crippen LogP contribution in [0, 0.1) is 0 Å². The molecule has 0 bridgehead atoms. The number of anilines is 1. The van der Waals surface area contributed by atoms with Gasteiger partial charge in [0.2, 0.25) is 15.0 Å². The number of aromatic nitrogens is 2. The van der Waals surface area contributed by atoms with Gasteiger partial charge in [-0.2, -0.15) is 0 Å². The van der Waals surface area contributed by atoms with E-state index in [9.17, 15) is 8.42 Å². The molecule has 110 valence electrons. The quantitative estimate of drug-likeness (QED) is 0.529. The molecule has 4 N–H and O–H groups in total. The van der Waals surface area contributed by atoms with Gasteiger partial charge in [-0.1, -0.05) is 12.8 Å². The molecule has 0 radical (unpaired) electrons. The summed E-state index contributed by atoms with van der Waals surface area (Å²) in [4.78, 5) is 6.91. The lowest BCUT2D eigenvalue weighted by atomic mass is 10.2. The third-order valence-electron chi connectivity index (χ3n) is 3.10. The summed E-state index contributed by atoms with van der Waals surface area (Å²) in [5.74, 6) is 0.0632. The van der Waals surface area contributed by atoms with Crippen molar-refractivity contribution in [2.45, 2.75) is 30.8 Å².